The van der Waals surface area contributed by atoms with Crippen LogP contribution < -0.4 is 4.74 Å². The SMILES string of the molecule is Cl.O=C(O)C(Oc1cccs1)[C@@H]1CCCC[C@H]1N1CCCCC1. The van der Waals surface area contributed by atoms with Gasteiger partial charge in [-0.1, -0.05) is 19.3 Å². The lowest BCUT2D eigenvalue weighted by Crippen LogP contribution is -2.51. The van der Waals surface area contributed by atoms with E-state index in [9.17, 15) is 9.90 Å². The third-order valence-corrected chi connectivity index (χ3v) is 5.77. The number of thiophene rings is 1. The molecule has 6 heteroatoms. The largest absolute Gasteiger partial charge is 0.478 e. The maximum atomic E-state index is 11.8. The van der Waals surface area contributed by atoms with Gasteiger partial charge in [0.2, 0.25) is 6.10 Å². The standard InChI is InChI=1S/C17H25NO3S.ClH/c19-17(20)16(21-15-9-6-12-22-15)13-7-2-3-8-14(13)18-10-4-1-5-11-18;/h6,9,12-14,16H,1-5,7-8,10-11H2,(H,19,20);1H/t13-,14-,16?;/m1./s1. The minimum absolute atomic E-state index is 0. The number of likely N-dealkylation sites (tertiary alicyclic amines) is 1. The summed E-state index contributed by atoms with van der Waals surface area (Å²) in [4.78, 5) is 14.3. The van der Waals surface area contributed by atoms with Crippen molar-refractivity contribution in [2.45, 2.75) is 57.1 Å². The van der Waals surface area contributed by atoms with Gasteiger partial charge in [-0.25, -0.2) is 4.79 Å². The van der Waals surface area contributed by atoms with Crippen LogP contribution in [0.25, 0.3) is 0 Å². The van der Waals surface area contributed by atoms with E-state index in [4.69, 9.17) is 4.74 Å². The lowest BCUT2D eigenvalue weighted by Gasteiger charge is -2.43. The number of rotatable bonds is 5. The molecule has 2 fully saturated rings. The summed E-state index contributed by atoms with van der Waals surface area (Å²) >= 11 is 1.47. The molecule has 1 N–H and O–H groups in total. The smallest absolute Gasteiger partial charge is 0.345 e. The molecule has 0 amide bonds. The van der Waals surface area contributed by atoms with Crippen molar-refractivity contribution in [2.24, 2.45) is 5.92 Å². The van der Waals surface area contributed by atoms with Gasteiger partial charge in [0.15, 0.2) is 5.06 Å². The molecule has 1 saturated carbocycles. The number of hydrogen-bond donors (Lipinski definition) is 1. The Morgan fingerprint density at radius 1 is 1.22 bits per heavy atom. The van der Waals surface area contributed by atoms with Crippen LogP contribution in [-0.4, -0.2) is 41.2 Å². The van der Waals surface area contributed by atoms with E-state index in [0.29, 0.717) is 6.04 Å². The molecule has 1 unspecified atom stereocenters. The van der Waals surface area contributed by atoms with Crippen LogP contribution in [0.15, 0.2) is 17.5 Å². The maximum absolute atomic E-state index is 11.8. The summed E-state index contributed by atoms with van der Waals surface area (Å²) in [5.41, 5.74) is 0. The van der Waals surface area contributed by atoms with Crippen molar-refractivity contribution in [1.29, 1.82) is 0 Å². The van der Waals surface area contributed by atoms with Gasteiger partial charge in [-0.2, -0.15) is 0 Å². The average Bonchev–Trinajstić information content (AvgIpc) is 3.06. The molecule has 0 radical (unpaired) electrons. The van der Waals surface area contributed by atoms with Crippen LogP contribution in [0.5, 0.6) is 5.06 Å². The number of carboxylic acids is 1. The summed E-state index contributed by atoms with van der Waals surface area (Å²) in [6.45, 7) is 2.24. The van der Waals surface area contributed by atoms with E-state index in [0.717, 1.165) is 37.4 Å². The monoisotopic (exact) mass is 359 g/mol. The van der Waals surface area contributed by atoms with E-state index in [1.165, 1.54) is 37.0 Å². The molecule has 1 saturated heterocycles. The minimum Gasteiger partial charge on any atom is -0.478 e. The molecule has 3 atom stereocenters. The van der Waals surface area contributed by atoms with E-state index in [1.807, 2.05) is 17.5 Å². The summed E-state index contributed by atoms with van der Waals surface area (Å²) in [5.74, 6) is -0.714. The zero-order valence-corrected chi connectivity index (χ0v) is 15.0. The number of ether oxygens (including phenoxy) is 1. The van der Waals surface area contributed by atoms with Crippen molar-refractivity contribution < 1.29 is 14.6 Å². The lowest BCUT2D eigenvalue weighted by atomic mass is 9.79. The highest BCUT2D eigenvalue weighted by Crippen LogP contribution is 2.35. The molecular weight excluding hydrogens is 334 g/mol. The first-order chi connectivity index (χ1) is 10.8. The fraction of sp³-hybridized carbons (Fsp3) is 0.706. The molecule has 2 aliphatic rings. The van der Waals surface area contributed by atoms with Crippen LogP contribution in [0.4, 0.5) is 0 Å². The number of hydrogen-bond acceptors (Lipinski definition) is 4. The van der Waals surface area contributed by atoms with Gasteiger partial charge in [-0.15, -0.1) is 23.7 Å². The Balaban J connectivity index is 0.00000192. The van der Waals surface area contributed by atoms with E-state index >= 15 is 0 Å². The molecule has 0 aromatic carbocycles. The predicted octanol–water partition coefficient (Wildman–Crippen LogP) is 4.05. The normalized spacial score (nSPS) is 27.0. The zero-order chi connectivity index (χ0) is 15.4. The van der Waals surface area contributed by atoms with Crippen LogP contribution in [0, 0.1) is 5.92 Å². The van der Waals surface area contributed by atoms with Crippen molar-refractivity contribution in [2.75, 3.05) is 13.1 Å². The van der Waals surface area contributed by atoms with Crippen LogP contribution in [0.3, 0.4) is 0 Å². The molecule has 130 valence electrons. The van der Waals surface area contributed by atoms with E-state index in [1.54, 1.807) is 0 Å². The Hall–Kier alpha value is -0.780. The van der Waals surface area contributed by atoms with Crippen LogP contribution in [0.1, 0.15) is 44.9 Å². The number of carbonyl (C=O) groups is 1. The van der Waals surface area contributed by atoms with Crippen molar-refractivity contribution >= 4 is 29.7 Å². The summed E-state index contributed by atoms with van der Waals surface area (Å²) < 4.78 is 5.87. The molecule has 23 heavy (non-hydrogen) atoms. The third kappa shape index (κ3) is 4.61. The Morgan fingerprint density at radius 3 is 2.61 bits per heavy atom. The highest BCUT2D eigenvalue weighted by molar-refractivity contribution is 7.11. The fourth-order valence-corrected chi connectivity index (χ4v) is 4.58. The fourth-order valence-electron chi connectivity index (χ4n) is 3.97. The van der Waals surface area contributed by atoms with Gasteiger partial charge in [-0.3, -0.25) is 4.90 Å². The first-order valence-electron chi connectivity index (χ1n) is 8.43. The molecule has 3 rings (SSSR count). The molecule has 4 nitrogen and oxygen atoms in total. The highest BCUT2D eigenvalue weighted by Gasteiger charge is 2.40. The summed E-state index contributed by atoms with van der Waals surface area (Å²) in [6.07, 6.45) is 7.48. The van der Waals surface area contributed by atoms with Gasteiger partial charge >= 0.3 is 5.97 Å². The summed E-state index contributed by atoms with van der Waals surface area (Å²) in [7, 11) is 0. The molecule has 0 spiro atoms. The van der Waals surface area contributed by atoms with Crippen molar-refractivity contribution in [3.8, 4) is 5.06 Å². The van der Waals surface area contributed by atoms with Crippen molar-refractivity contribution in [3.05, 3.63) is 17.5 Å². The van der Waals surface area contributed by atoms with E-state index < -0.39 is 12.1 Å². The number of carboxylic acid groups (broad SMARTS) is 1. The number of aliphatic carboxylic acids is 1. The summed E-state index contributed by atoms with van der Waals surface area (Å²) in [5, 5.41) is 12.3. The van der Waals surface area contributed by atoms with Gasteiger partial charge in [0.1, 0.15) is 0 Å². The van der Waals surface area contributed by atoms with Gasteiger partial charge in [0.25, 0.3) is 0 Å². The third-order valence-electron chi connectivity index (χ3n) is 5.01. The van der Waals surface area contributed by atoms with Crippen LogP contribution in [0.2, 0.25) is 0 Å². The molecule has 2 heterocycles. The van der Waals surface area contributed by atoms with Crippen LogP contribution in [-0.2, 0) is 4.79 Å². The Morgan fingerprint density at radius 2 is 1.96 bits per heavy atom. The van der Waals surface area contributed by atoms with Gasteiger partial charge < -0.3 is 9.84 Å². The molecule has 1 aromatic heterocycles. The second kappa shape index (κ2) is 8.90. The second-order valence-corrected chi connectivity index (χ2v) is 7.33. The quantitative estimate of drug-likeness (QED) is 0.861. The van der Waals surface area contributed by atoms with Gasteiger partial charge in [0, 0.05) is 12.0 Å². The first kappa shape index (κ1) is 18.6. The summed E-state index contributed by atoms with van der Waals surface area (Å²) in [6, 6.07) is 4.14. The second-order valence-electron chi connectivity index (χ2n) is 6.42. The maximum Gasteiger partial charge on any atom is 0.345 e. The molecular formula is C17H26ClNO3S. The first-order valence-corrected chi connectivity index (χ1v) is 9.30. The lowest BCUT2D eigenvalue weighted by molar-refractivity contribution is -0.150. The van der Waals surface area contributed by atoms with E-state index in [-0.39, 0.29) is 18.3 Å². The topological polar surface area (TPSA) is 49.8 Å². The Kier molecular flexibility index (Phi) is 7.18. The average molecular weight is 360 g/mol. The number of piperidine rings is 1. The van der Waals surface area contributed by atoms with Crippen molar-refractivity contribution in [1.82, 2.24) is 4.90 Å². The van der Waals surface area contributed by atoms with Crippen molar-refractivity contribution in [3.63, 3.8) is 0 Å². The van der Waals surface area contributed by atoms with Gasteiger partial charge in [0.05, 0.1) is 0 Å². The van der Waals surface area contributed by atoms with E-state index in [2.05, 4.69) is 4.90 Å². The zero-order valence-electron chi connectivity index (χ0n) is 13.4. The molecule has 1 aliphatic carbocycles. The minimum atomic E-state index is -0.817. The Bertz CT molecular complexity index is 476. The van der Waals surface area contributed by atoms with Crippen LogP contribution >= 0.6 is 23.7 Å². The number of halogens is 1. The van der Waals surface area contributed by atoms with Gasteiger partial charge in [-0.05, 0) is 56.3 Å². The Labute approximate surface area is 148 Å². The molecule has 1 aliphatic heterocycles. The predicted molar refractivity (Wildman–Crippen MR) is 94.8 cm³/mol. The highest BCUT2D eigenvalue weighted by atomic mass is 35.5. The molecule has 0 bridgehead atoms. The molecule has 1 aromatic rings. The number of nitrogens with zero attached hydrogens (tertiary/aromatic N) is 1.